The minimum absolute atomic E-state index is 0.0349. The number of halogens is 3. The molecule has 0 amide bonds. The van der Waals surface area contributed by atoms with Crippen LogP contribution in [-0.4, -0.2) is 28.3 Å². The molecule has 0 aliphatic carbocycles. The van der Waals surface area contributed by atoms with E-state index in [1.807, 2.05) is 24.3 Å². The Bertz CT molecular complexity index is 756. The van der Waals surface area contributed by atoms with Gasteiger partial charge in [0, 0.05) is 24.4 Å². The van der Waals surface area contributed by atoms with Gasteiger partial charge >= 0.3 is 6.18 Å². The number of ether oxygens (including phenoxy) is 1. The van der Waals surface area contributed by atoms with E-state index in [9.17, 15) is 13.2 Å². The van der Waals surface area contributed by atoms with Gasteiger partial charge in [-0.05, 0) is 6.07 Å². The molecule has 6 nitrogen and oxygen atoms in total. The van der Waals surface area contributed by atoms with Crippen LogP contribution in [0.1, 0.15) is 23.9 Å². The maximum Gasteiger partial charge on any atom is 0.406 e. The van der Waals surface area contributed by atoms with Gasteiger partial charge in [0.05, 0.1) is 12.6 Å². The number of benzene rings is 1. The van der Waals surface area contributed by atoms with Crippen LogP contribution in [-0.2, 0) is 13.1 Å². The third-order valence-corrected chi connectivity index (χ3v) is 3.82. The number of aromatic nitrogens is 2. The summed E-state index contributed by atoms with van der Waals surface area (Å²) in [6.07, 6.45) is -1.00. The van der Waals surface area contributed by atoms with E-state index in [4.69, 9.17) is 10.5 Å². The fourth-order valence-electron chi connectivity index (χ4n) is 2.70. The van der Waals surface area contributed by atoms with Crippen LogP contribution >= 0.6 is 0 Å². The zero-order valence-corrected chi connectivity index (χ0v) is 13.3. The van der Waals surface area contributed by atoms with E-state index in [1.165, 1.54) is 12.4 Å². The van der Waals surface area contributed by atoms with Gasteiger partial charge in [-0.25, -0.2) is 9.98 Å². The minimum atomic E-state index is -4.31. The molecule has 1 aliphatic heterocycles. The van der Waals surface area contributed by atoms with Crippen LogP contribution in [0.5, 0.6) is 5.75 Å². The summed E-state index contributed by atoms with van der Waals surface area (Å²) in [4.78, 5) is 8.02. The van der Waals surface area contributed by atoms with Crippen LogP contribution in [0.25, 0.3) is 0 Å². The number of guanidine groups is 1. The number of rotatable bonds is 4. The third-order valence-electron chi connectivity index (χ3n) is 3.82. The second-order valence-corrected chi connectivity index (χ2v) is 5.66. The number of imidazole rings is 1. The molecule has 0 saturated heterocycles. The van der Waals surface area contributed by atoms with Crippen LogP contribution in [0.3, 0.4) is 0 Å². The summed E-state index contributed by atoms with van der Waals surface area (Å²) < 4.78 is 44.1. The monoisotopic (exact) mass is 353 g/mol. The van der Waals surface area contributed by atoms with Crippen LogP contribution in [0.4, 0.5) is 13.2 Å². The lowest BCUT2D eigenvalue weighted by atomic mass is 10.0. The molecular formula is C16H18F3N5O. The molecule has 1 atom stereocenters. The molecule has 25 heavy (non-hydrogen) atoms. The van der Waals surface area contributed by atoms with Crippen molar-refractivity contribution in [3.8, 4) is 5.75 Å². The molecule has 3 rings (SSSR count). The quantitative estimate of drug-likeness (QED) is 0.654. The summed E-state index contributed by atoms with van der Waals surface area (Å²) in [5.41, 5.74) is 6.87. The Morgan fingerprint density at radius 1 is 1.40 bits per heavy atom. The summed E-state index contributed by atoms with van der Waals surface area (Å²) in [6, 6.07) is 7.56. The number of fused-ring (bicyclic) bond motifs is 1. The zero-order valence-electron chi connectivity index (χ0n) is 13.3. The third kappa shape index (κ3) is 4.43. The first-order valence-electron chi connectivity index (χ1n) is 7.77. The van der Waals surface area contributed by atoms with Gasteiger partial charge in [0.2, 0.25) is 0 Å². The molecule has 9 heteroatoms. The SMILES string of the molecule is NC(=NCc1nccn1CC(F)(F)F)NC1CCOc2ccccc21. The van der Waals surface area contributed by atoms with E-state index in [0.717, 1.165) is 22.3 Å². The van der Waals surface area contributed by atoms with Crippen molar-refractivity contribution in [2.45, 2.75) is 31.7 Å². The highest BCUT2D eigenvalue weighted by atomic mass is 19.4. The summed E-state index contributed by atoms with van der Waals surface area (Å²) in [5, 5.41) is 3.09. The maximum absolute atomic E-state index is 12.5. The molecule has 0 fully saturated rings. The molecule has 134 valence electrons. The summed E-state index contributed by atoms with van der Waals surface area (Å²) >= 11 is 0. The average Bonchev–Trinajstić information content (AvgIpc) is 2.98. The number of hydrogen-bond acceptors (Lipinski definition) is 3. The van der Waals surface area contributed by atoms with Crippen molar-refractivity contribution >= 4 is 5.96 Å². The Kier molecular flexibility index (Phi) is 4.82. The van der Waals surface area contributed by atoms with Crippen LogP contribution < -0.4 is 15.8 Å². The Morgan fingerprint density at radius 3 is 3.00 bits per heavy atom. The molecule has 2 aromatic rings. The predicted molar refractivity (Wildman–Crippen MR) is 86.0 cm³/mol. The zero-order chi connectivity index (χ0) is 17.9. The summed E-state index contributed by atoms with van der Waals surface area (Å²) in [5.74, 6) is 1.15. The highest BCUT2D eigenvalue weighted by molar-refractivity contribution is 5.78. The largest absolute Gasteiger partial charge is 0.493 e. The van der Waals surface area contributed by atoms with Crippen molar-refractivity contribution in [1.82, 2.24) is 14.9 Å². The van der Waals surface area contributed by atoms with E-state index < -0.39 is 12.7 Å². The van der Waals surface area contributed by atoms with Crippen molar-refractivity contribution in [2.24, 2.45) is 10.7 Å². The topological polar surface area (TPSA) is 77.5 Å². The second-order valence-electron chi connectivity index (χ2n) is 5.66. The molecule has 1 unspecified atom stereocenters. The lowest BCUT2D eigenvalue weighted by Gasteiger charge is -2.26. The van der Waals surface area contributed by atoms with Crippen LogP contribution in [0.15, 0.2) is 41.7 Å². The van der Waals surface area contributed by atoms with Gasteiger partial charge in [0.15, 0.2) is 5.96 Å². The number of para-hydroxylation sites is 1. The smallest absolute Gasteiger partial charge is 0.406 e. The molecular weight excluding hydrogens is 335 g/mol. The van der Waals surface area contributed by atoms with Crippen molar-refractivity contribution in [3.05, 3.63) is 48.0 Å². The number of nitrogens with zero attached hydrogens (tertiary/aromatic N) is 3. The van der Waals surface area contributed by atoms with E-state index in [-0.39, 0.29) is 24.4 Å². The number of nitrogens with one attached hydrogen (secondary N) is 1. The number of hydrogen-bond donors (Lipinski definition) is 2. The first-order chi connectivity index (χ1) is 11.9. The standard InChI is InChI=1S/C16H18F3N5O/c17-16(18,19)10-24-7-6-21-14(24)9-22-15(20)23-12-5-8-25-13-4-2-1-3-11(12)13/h1-4,6-7,12H,5,8-10H2,(H3,20,22,23). The predicted octanol–water partition coefficient (Wildman–Crippen LogP) is 2.37. The Labute approximate surface area is 142 Å². The van der Waals surface area contributed by atoms with E-state index in [2.05, 4.69) is 15.3 Å². The molecule has 1 aliphatic rings. The second kappa shape index (κ2) is 7.04. The average molecular weight is 353 g/mol. The van der Waals surface area contributed by atoms with Gasteiger partial charge in [-0.15, -0.1) is 0 Å². The Hall–Kier alpha value is -2.71. The highest BCUT2D eigenvalue weighted by Gasteiger charge is 2.28. The van der Waals surface area contributed by atoms with E-state index in [1.54, 1.807) is 0 Å². The normalized spacial score (nSPS) is 17.7. The molecule has 0 bridgehead atoms. The van der Waals surface area contributed by atoms with E-state index >= 15 is 0 Å². The lowest BCUT2D eigenvalue weighted by molar-refractivity contribution is -0.141. The fourth-order valence-corrected chi connectivity index (χ4v) is 2.70. The van der Waals surface area contributed by atoms with Crippen molar-refractivity contribution in [2.75, 3.05) is 6.61 Å². The van der Waals surface area contributed by atoms with Crippen LogP contribution in [0.2, 0.25) is 0 Å². The molecule has 1 aromatic heterocycles. The summed E-state index contributed by atoms with van der Waals surface area (Å²) in [7, 11) is 0. The lowest BCUT2D eigenvalue weighted by Crippen LogP contribution is -2.37. The molecule has 2 heterocycles. The van der Waals surface area contributed by atoms with Crippen LogP contribution in [0, 0.1) is 0 Å². The van der Waals surface area contributed by atoms with Gasteiger partial charge in [-0.3, -0.25) is 0 Å². The van der Waals surface area contributed by atoms with Gasteiger partial charge in [0.25, 0.3) is 0 Å². The first-order valence-corrected chi connectivity index (χ1v) is 7.77. The minimum Gasteiger partial charge on any atom is -0.493 e. The van der Waals surface area contributed by atoms with Crippen molar-refractivity contribution < 1.29 is 17.9 Å². The first kappa shape index (κ1) is 17.1. The molecule has 0 spiro atoms. The number of aliphatic imine (C=N–C) groups is 1. The molecule has 0 saturated carbocycles. The summed E-state index contributed by atoms with van der Waals surface area (Å²) in [6.45, 7) is -0.580. The van der Waals surface area contributed by atoms with Crippen molar-refractivity contribution in [3.63, 3.8) is 0 Å². The molecule has 3 N–H and O–H groups in total. The number of alkyl halides is 3. The fraction of sp³-hybridized carbons (Fsp3) is 0.375. The maximum atomic E-state index is 12.5. The Morgan fingerprint density at radius 2 is 2.20 bits per heavy atom. The Balaban J connectivity index is 1.65. The van der Waals surface area contributed by atoms with Gasteiger partial charge < -0.3 is 20.4 Å². The highest BCUT2D eigenvalue weighted by Crippen LogP contribution is 2.31. The van der Waals surface area contributed by atoms with Gasteiger partial charge in [-0.1, -0.05) is 18.2 Å². The molecule has 1 aromatic carbocycles. The number of nitrogens with two attached hydrogens (primary N) is 1. The van der Waals surface area contributed by atoms with Gasteiger partial charge in [-0.2, -0.15) is 13.2 Å². The molecule has 0 radical (unpaired) electrons. The van der Waals surface area contributed by atoms with Gasteiger partial charge in [0.1, 0.15) is 24.7 Å². The van der Waals surface area contributed by atoms with Crippen molar-refractivity contribution in [1.29, 1.82) is 0 Å². The van der Waals surface area contributed by atoms with E-state index in [0.29, 0.717) is 6.61 Å².